The molecule has 0 spiro atoms. The molecule has 4 nitrogen and oxygen atoms in total. The summed E-state index contributed by atoms with van der Waals surface area (Å²) in [5, 5.41) is 7.70. The van der Waals surface area contributed by atoms with Gasteiger partial charge < -0.3 is 5.32 Å². The lowest BCUT2D eigenvalue weighted by atomic mass is 10.1. The Labute approximate surface area is 102 Å². The molecule has 0 saturated carbocycles. The van der Waals surface area contributed by atoms with Crippen molar-refractivity contribution in [3.8, 4) is 11.4 Å². The number of aryl methyl sites for hydroxylation is 1. The van der Waals surface area contributed by atoms with Crippen LogP contribution in [0.3, 0.4) is 0 Å². The Balaban J connectivity index is 2.45. The zero-order valence-electron chi connectivity index (χ0n) is 10.7. The van der Waals surface area contributed by atoms with Crippen molar-refractivity contribution in [3.05, 3.63) is 36.2 Å². The van der Waals surface area contributed by atoms with Crippen molar-refractivity contribution in [2.75, 3.05) is 7.05 Å². The summed E-state index contributed by atoms with van der Waals surface area (Å²) in [5.74, 6) is 1.70. The molecule has 0 aliphatic carbocycles. The molecule has 2 rings (SSSR count). The molecule has 1 heterocycles. The second-order valence-corrected chi connectivity index (χ2v) is 4.62. The summed E-state index contributed by atoms with van der Waals surface area (Å²) in [5.41, 5.74) is 0.857. The van der Waals surface area contributed by atoms with E-state index in [0.29, 0.717) is 0 Å². The van der Waals surface area contributed by atoms with Crippen molar-refractivity contribution in [2.24, 2.45) is 7.05 Å². The summed E-state index contributed by atoms with van der Waals surface area (Å²) in [6, 6.07) is 10.0. The van der Waals surface area contributed by atoms with Gasteiger partial charge in [-0.05, 0) is 20.9 Å². The van der Waals surface area contributed by atoms with Gasteiger partial charge in [0.05, 0.1) is 5.54 Å². The van der Waals surface area contributed by atoms with Crippen LogP contribution in [0.15, 0.2) is 30.3 Å². The van der Waals surface area contributed by atoms with E-state index in [1.54, 1.807) is 0 Å². The van der Waals surface area contributed by atoms with Crippen LogP contribution >= 0.6 is 0 Å². The molecule has 4 heteroatoms. The Morgan fingerprint density at radius 3 is 2.41 bits per heavy atom. The summed E-state index contributed by atoms with van der Waals surface area (Å²) in [4.78, 5) is 4.61. The van der Waals surface area contributed by atoms with Crippen molar-refractivity contribution in [1.29, 1.82) is 0 Å². The summed E-state index contributed by atoms with van der Waals surface area (Å²) in [6.07, 6.45) is 0. The average molecular weight is 230 g/mol. The third-order valence-corrected chi connectivity index (χ3v) is 2.98. The lowest BCUT2D eigenvalue weighted by Crippen LogP contribution is -2.36. The minimum atomic E-state index is -0.186. The molecule has 0 unspecified atom stereocenters. The average Bonchev–Trinajstić information content (AvgIpc) is 2.73. The molecule has 0 fully saturated rings. The van der Waals surface area contributed by atoms with Gasteiger partial charge in [0.25, 0.3) is 0 Å². The molecule has 0 bridgehead atoms. The Hall–Kier alpha value is -1.68. The summed E-state index contributed by atoms with van der Waals surface area (Å²) < 4.78 is 1.83. The predicted molar refractivity (Wildman–Crippen MR) is 68.5 cm³/mol. The number of rotatable bonds is 3. The highest BCUT2D eigenvalue weighted by molar-refractivity contribution is 5.54. The first-order valence-corrected chi connectivity index (χ1v) is 5.70. The second-order valence-electron chi connectivity index (χ2n) is 4.62. The van der Waals surface area contributed by atoms with Crippen LogP contribution in [-0.4, -0.2) is 21.8 Å². The molecule has 0 aliphatic rings. The van der Waals surface area contributed by atoms with E-state index in [1.165, 1.54) is 0 Å². The van der Waals surface area contributed by atoms with E-state index in [9.17, 15) is 0 Å². The lowest BCUT2D eigenvalue weighted by molar-refractivity contribution is 0.397. The highest BCUT2D eigenvalue weighted by Gasteiger charge is 2.24. The first kappa shape index (κ1) is 11.8. The highest BCUT2D eigenvalue weighted by Crippen LogP contribution is 2.21. The Kier molecular flexibility index (Phi) is 2.98. The Bertz CT molecular complexity index is 499. The van der Waals surface area contributed by atoms with Gasteiger partial charge in [-0.1, -0.05) is 30.3 Å². The normalized spacial score (nSPS) is 11.8. The minimum Gasteiger partial charge on any atom is -0.308 e. The Morgan fingerprint density at radius 1 is 1.18 bits per heavy atom. The van der Waals surface area contributed by atoms with Crippen LogP contribution in [-0.2, 0) is 12.6 Å². The van der Waals surface area contributed by atoms with Gasteiger partial charge in [-0.25, -0.2) is 4.98 Å². The fourth-order valence-electron chi connectivity index (χ4n) is 1.75. The number of aromatic nitrogens is 3. The van der Waals surface area contributed by atoms with Gasteiger partial charge in [0.2, 0.25) is 0 Å². The molecule has 0 aliphatic heterocycles. The van der Waals surface area contributed by atoms with E-state index in [4.69, 9.17) is 0 Å². The van der Waals surface area contributed by atoms with Crippen LogP contribution < -0.4 is 5.32 Å². The maximum absolute atomic E-state index is 4.61. The van der Waals surface area contributed by atoms with Crippen molar-refractivity contribution in [3.63, 3.8) is 0 Å². The number of benzene rings is 1. The smallest absolute Gasteiger partial charge is 0.181 e. The second kappa shape index (κ2) is 4.30. The number of hydrogen-bond donors (Lipinski definition) is 1. The summed E-state index contributed by atoms with van der Waals surface area (Å²) in [6.45, 7) is 4.18. The van der Waals surface area contributed by atoms with Gasteiger partial charge >= 0.3 is 0 Å². The molecule has 1 aromatic heterocycles. The maximum atomic E-state index is 4.61. The number of nitrogens with zero attached hydrogens (tertiary/aromatic N) is 3. The SMILES string of the molecule is CNC(C)(C)c1nc(-c2ccccc2)nn1C. The standard InChI is InChI=1S/C13H18N4/c1-13(2,14-3)12-15-11(16-17(12)4)10-8-6-5-7-9-10/h5-9,14H,1-4H3. The van der Waals surface area contributed by atoms with Crippen molar-refractivity contribution in [2.45, 2.75) is 19.4 Å². The van der Waals surface area contributed by atoms with E-state index in [2.05, 4.69) is 29.2 Å². The number of hydrogen-bond acceptors (Lipinski definition) is 3. The molecule has 1 aromatic carbocycles. The zero-order valence-corrected chi connectivity index (χ0v) is 10.7. The van der Waals surface area contributed by atoms with E-state index >= 15 is 0 Å². The molecular formula is C13H18N4. The van der Waals surface area contributed by atoms with Crippen LogP contribution in [0.4, 0.5) is 0 Å². The van der Waals surface area contributed by atoms with Gasteiger partial charge in [-0.15, -0.1) is 0 Å². The molecule has 17 heavy (non-hydrogen) atoms. The van der Waals surface area contributed by atoms with Crippen molar-refractivity contribution in [1.82, 2.24) is 20.1 Å². The van der Waals surface area contributed by atoms with E-state index in [-0.39, 0.29) is 5.54 Å². The van der Waals surface area contributed by atoms with Crippen LogP contribution in [0.25, 0.3) is 11.4 Å². The summed E-state index contributed by atoms with van der Waals surface area (Å²) >= 11 is 0. The van der Waals surface area contributed by atoms with E-state index in [0.717, 1.165) is 17.2 Å². The zero-order chi connectivity index (χ0) is 12.5. The van der Waals surface area contributed by atoms with Crippen LogP contribution in [0.1, 0.15) is 19.7 Å². The molecule has 0 atom stereocenters. The Morgan fingerprint density at radius 2 is 1.82 bits per heavy atom. The van der Waals surface area contributed by atoms with Gasteiger partial charge in [0, 0.05) is 12.6 Å². The van der Waals surface area contributed by atoms with Gasteiger partial charge in [0.1, 0.15) is 5.82 Å². The summed E-state index contributed by atoms with van der Waals surface area (Å²) in [7, 11) is 3.85. The van der Waals surface area contributed by atoms with Gasteiger partial charge in [-0.3, -0.25) is 4.68 Å². The van der Waals surface area contributed by atoms with Crippen LogP contribution in [0, 0.1) is 0 Å². The molecule has 90 valence electrons. The quantitative estimate of drug-likeness (QED) is 0.876. The van der Waals surface area contributed by atoms with Crippen molar-refractivity contribution < 1.29 is 0 Å². The first-order chi connectivity index (χ1) is 8.04. The molecule has 1 N–H and O–H groups in total. The molecule has 0 radical (unpaired) electrons. The molecule has 2 aromatic rings. The first-order valence-electron chi connectivity index (χ1n) is 5.70. The fourth-order valence-corrected chi connectivity index (χ4v) is 1.75. The molecule has 0 saturated heterocycles. The third-order valence-electron chi connectivity index (χ3n) is 2.98. The highest BCUT2D eigenvalue weighted by atomic mass is 15.3. The van der Waals surface area contributed by atoms with E-state index < -0.39 is 0 Å². The monoisotopic (exact) mass is 230 g/mol. The van der Waals surface area contributed by atoms with Crippen LogP contribution in [0.5, 0.6) is 0 Å². The molecular weight excluding hydrogens is 212 g/mol. The lowest BCUT2D eigenvalue weighted by Gasteiger charge is -2.22. The third kappa shape index (κ3) is 2.22. The van der Waals surface area contributed by atoms with Gasteiger partial charge in [0.15, 0.2) is 5.82 Å². The topological polar surface area (TPSA) is 42.7 Å². The van der Waals surface area contributed by atoms with Crippen molar-refractivity contribution >= 4 is 0 Å². The number of nitrogens with one attached hydrogen (secondary N) is 1. The molecule has 0 amide bonds. The minimum absolute atomic E-state index is 0.186. The van der Waals surface area contributed by atoms with E-state index in [1.807, 2.05) is 49.1 Å². The van der Waals surface area contributed by atoms with Gasteiger partial charge in [-0.2, -0.15) is 5.10 Å². The van der Waals surface area contributed by atoms with Crippen LogP contribution in [0.2, 0.25) is 0 Å². The largest absolute Gasteiger partial charge is 0.308 e. The maximum Gasteiger partial charge on any atom is 0.181 e. The predicted octanol–water partition coefficient (Wildman–Crippen LogP) is 1.94. The fraction of sp³-hybridized carbons (Fsp3) is 0.385.